The van der Waals surface area contributed by atoms with Gasteiger partial charge >= 0.3 is 0 Å². The zero-order valence-corrected chi connectivity index (χ0v) is 22.2. The number of fused-ring (bicyclic) bond motifs is 3. The summed E-state index contributed by atoms with van der Waals surface area (Å²) in [6.07, 6.45) is 12.3. The van der Waals surface area contributed by atoms with E-state index < -0.39 is 0 Å². The standard InChI is InChI=1S/C30H46O4/c1-25(2)21-14-23(32)28(6)20(27(21,5)10-9-22(25)31)8-11-29-16-30(28,29)12-7-18(29)17-13-19(33-15-17)24-26(3,4)34-24/h15,18-24,31-32H,7-14,16H2,1-6H3. The molecular weight excluding hydrogens is 424 g/mol. The van der Waals surface area contributed by atoms with Crippen molar-refractivity contribution in [1.29, 1.82) is 0 Å². The van der Waals surface area contributed by atoms with Gasteiger partial charge in [0.1, 0.15) is 12.2 Å². The van der Waals surface area contributed by atoms with E-state index in [1.54, 1.807) is 0 Å². The minimum atomic E-state index is -0.261. The Morgan fingerprint density at radius 1 is 0.882 bits per heavy atom. The molecule has 6 fully saturated rings. The highest BCUT2D eigenvalue weighted by molar-refractivity contribution is 5.37. The second kappa shape index (κ2) is 6.27. The van der Waals surface area contributed by atoms with Crippen LogP contribution in [0.2, 0.25) is 0 Å². The molecule has 190 valence electrons. The second-order valence-electron chi connectivity index (χ2n) is 15.3. The van der Waals surface area contributed by atoms with Crippen molar-refractivity contribution in [3.8, 4) is 0 Å². The van der Waals surface area contributed by atoms with Gasteiger partial charge in [-0.05, 0) is 110 Å². The number of aliphatic hydroxyl groups excluding tert-OH is 2. The summed E-state index contributed by atoms with van der Waals surface area (Å²) in [7, 11) is 0. The Morgan fingerprint density at radius 2 is 1.62 bits per heavy atom. The molecule has 34 heavy (non-hydrogen) atoms. The van der Waals surface area contributed by atoms with Gasteiger partial charge in [-0.3, -0.25) is 0 Å². The van der Waals surface area contributed by atoms with Crippen LogP contribution in [-0.2, 0) is 9.47 Å². The van der Waals surface area contributed by atoms with Crippen molar-refractivity contribution in [2.75, 3.05) is 0 Å². The summed E-state index contributed by atoms with van der Waals surface area (Å²) in [5.74, 6) is 1.57. The van der Waals surface area contributed by atoms with Gasteiger partial charge in [0.15, 0.2) is 0 Å². The zero-order valence-electron chi connectivity index (χ0n) is 22.2. The summed E-state index contributed by atoms with van der Waals surface area (Å²) in [4.78, 5) is 0. The van der Waals surface area contributed by atoms with Crippen molar-refractivity contribution in [3.05, 3.63) is 11.8 Å². The van der Waals surface area contributed by atoms with Gasteiger partial charge in [-0.2, -0.15) is 0 Å². The number of rotatable bonds is 2. The lowest BCUT2D eigenvalue weighted by Crippen LogP contribution is -2.66. The van der Waals surface area contributed by atoms with Crippen molar-refractivity contribution >= 4 is 0 Å². The maximum Gasteiger partial charge on any atom is 0.131 e. The Bertz CT molecular complexity index is 953. The Hall–Kier alpha value is -0.580. The van der Waals surface area contributed by atoms with Crippen molar-refractivity contribution in [1.82, 2.24) is 0 Å². The lowest BCUT2D eigenvalue weighted by atomic mass is 9.37. The molecule has 2 N–H and O–H groups in total. The van der Waals surface area contributed by atoms with Crippen LogP contribution >= 0.6 is 0 Å². The first kappa shape index (κ1) is 22.6. The fourth-order valence-electron chi connectivity index (χ4n) is 11.9. The minimum absolute atomic E-state index is 0.00929. The van der Waals surface area contributed by atoms with Crippen molar-refractivity contribution in [2.24, 2.45) is 44.8 Å². The maximum absolute atomic E-state index is 12.0. The molecule has 7 rings (SSSR count). The van der Waals surface area contributed by atoms with Crippen molar-refractivity contribution in [3.63, 3.8) is 0 Å². The monoisotopic (exact) mass is 470 g/mol. The first-order valence-corrected chi connectivity index (χ1v) is 14.2. The predicted molar refractivity (Wildman–Crippen MR) is 131 cm³/mol. The molecule has 0 amide bonds. The number of aliphatic hydroxyl groups is 2. The van der Waals surface area contributed by atoms with Crippen molar-refractivity contribution in [2.45, 2.75) is 129 Å². The molecule has 5 saturated carbocycles. The topological polar surface area (TPSA) is 62.2 Å². The third-order valence-electron chi connectivity index (χ3n) is 13.7. The molecule has 4 nitrogen and oxygen atoms in total. The van der Waals surface area contributed by atoms with Gasteiger partial charge in [-0.15, -0.1) is 0 Å². The number of epoxide rings is 1. The molecule has 2 aliphatic heterocycles. The molecule has 1 saturated heterocycles. The lowest BCUT2D eigenvalue weighted by Gasteiger charge is -2.68. The molecule has 0 aromatic rings. The molecule has 0 aromatic carbocycles. The number of ether oxygens (including phenoxy) is 2. The summed E-state index contributed by atoms with van der Waals surface area (Å²) >= 11 is 0. The third-order valence-corrected chi connectivity index (χ3v) is 13.7. The normalized spacial score (nSPS) is 60.2. The van der Waals surface area contributed by atoms with Crippen LogP contribution in [0.15, 0.2) is 11.8 Å². The summed E-state index contributed by atoms with van der Waals surface area (Å²) in [5, 5.41) is 22.9. The largest absolute Gasteiger partial charge is 0.495 e. The van der Waals surface area contributed by atoms with E-state index in [9.17, 15) is 10.2 Å². The molecule has 0 aromatic heterocycles. The highest BCUT2D eigenvalue weighted by Gasteiger charge is 2.85. The van der Waals surface area contributed by atoms with Gasteiger partial charge in [0.25, 0.3) is 0 Å². The van der Waals surface area contributed by atoms with E-state index in [0.717, 1.165) is 25.7 Å². The van der Waals surface area contributed by atoms with Gasteiger partial charge in [0.05, 0.1) is 24.1 Å². The fourth-order valence-corrected chi connectivity index (χ4v) is 11.9. The van der Waals surface area contributed by atoms with E-state index in [1.807, 2.05) is 0 Å². The molecule has 0 bridgehead atoms. The summed E-state index contributed by atoms with van der Waals surface area (Å²) < 4.78 is 12.1. The first-order valence-electron chi connectivity index (χ1n) is 14.2. The molecule has 5 aliphatic carbocycles. The Labute approximate surface area is 205 Å². The van der Waals surface area contributed by atoms with Crippen LogP contribution in [0.4, 0.5) is 0 Å². The van der Waals surface area contributed by atoms with Gasteiger partial charge < -0.3 is 19.7 Å². The number of hydrogen-bond acceptors (Lipinski definition) is 4. The second-order valence-corrected chi connectivity index (χ2v) is 15.3. The average molecular weight is 471 g/mol. The molecule has 11 atom stereocenters. The van der Waals surface area contributed by atoms with E-state index in [1.165, 1.54) is 37.7 Å². The van der Waals surface area contributed by atoms with Crippen LogP contribution in [0.3, 0.4) is 0 Å². The SMILES string of the molecule is CC1(C)OC1C1CC(C2CCC34CC23CCC2C3(C)CCC(O)C(C)(C)C3CC(O)C24C)=CO1. The third kappa shape index (κ3) is 2.34. The maximum atomic E-state index is 12.0. The minimum Gasteiger partial charge on any atom is -0.495 e. The molecule has 0 spiro atoms. The molecule has 4 heteroatoms. The molecular formula is C30H46O4. The fraction of sp³-hybridized carbons (Fsp3) is 0.933. The average Bonchev–Trinajstić information content (AvgIpc) is 3.46. The lowest BCUT2D eigenvalue weighted by molar-refractivity contribution is -0.241. The Balaban J connectivity index is 1.19. The van der Waals surface area contributed by atoms with Gasteiger partial charge in [0.2, 0.25) is 0 Å². The summed E-state index contributed by atoms with van der Waals surface area (Å²) in [6, 6.07) is 0. The van der Waals surface area contributed by atoms with Crippen LogP contribution in [-0.4, -0.2) is 40.2 Å². The molecule has 11 unspecified atom stereocenters. The van der Waals surface area contributed by atoms with Crippen LogP contribution < -0.4 is 0 Å². The Morgan fingerprint density at radius 3 is 2.32 bits per heavy atom. The number of hydrogen-bond donors (Lipinski definition) is 2. The van der Waals surface area contributed by atoms with Crippen LogP contribution in [0.25, 0.3) is 0 Å². The van der Waals surface area contributed by atoms with Crippen LogP contribution in [0, 0.1) is 44.8 Å². The van der Waals surface area contributed by atoms with Gasteiger partial charge in [0, 0.05) is 11.8 Å². The highest BCUT2D eigenvalue weighted by Crippen LogP contribution is 2.90. The highest BCUT2D eigenvalue weighted by atomic mass is 16.6. The van der Waals surface area contributed by atoms with Gasteiger partial charge in [-0.25, -0.2) is 0 Å². The molecule has 7 aliphatic rings. The zero-order chi connectivity index (χ0) is 24.1. The quantitative estimate of drug-likeness (QED) is 0.515. The van der Waals surface area contributed by atoms with E-state index in [4.69, 9.17) is 9.47 Å². The molecule has 0 radical (unpaired) electrons. The smallest absolute Gasteiger partial charge is 0.131 e. The predicted octanol–water partition coefficient (Wildman–Crippen LogP) is 5.61. The van der Waals surface area contributed by atoms with Crippen LogP contribution in [0.5, 0.6) is 0 Å². The van der Waals surface area contributed by atoms with E-state index in [2.05, 4.69) is 47.8 Å². The van der Waals surface area contributed by atoms with Crippen LogP contribution in [0.1, 0.15) is 99.3 Å². The summed E-state index contributed by atoms with van der Waals surface area (Å²) in [6.45, 7) is 13.9. The van der Waals surface area contributed by atoms with E-state index >= 15 is 0 Å². The van der Waals surface area contributed by atoms with Crippen molar-refractivity contribution < 1.29 is 19.7 Å². The molecule has 2 heterocycles. The van der Waals surface area contributed by atoms with E-state index in [-0.39, 0.29) is 51.7 Å². The Kier molecular flexibility index (Phi) is 4.17. The first-order chi connectivity index (χ1) is 15.8. The summed E-state index contributed by atoms with van der Waals surface area (Å²) in [5.41, 5.74) is 2.25. The van der Waals surface area contributed by atoms with E-state index in [0.29, 0.717) is 23.2 Å². The van der Waals surface area contributed by atoms with Gasteiger partial charge in [-0.1, -0.05) is 27.7 Å².